The summed E-state index contributed by atoms with van der Waals surface area (Å²) in [6.07, 6.45) is -2.12. The van der Waals surface area contributed by atoms with Crippen molar-refractivity contribution in [1.29, 1.82) is 0 Å². The molecule has 0 saturated carbocycles. The van der Waals surface area contributed by atoms with E-state index in [-0.39, 0.29) is 12.6 Å². The SMILES string of the molecule is [2H]C([2H])([2H])C([2H])([2H])C(=O)N(CC(C)N(C)CCc1ccccc1)c1ccccc1. The van der Waals surface area contributed by atoms with Gasteiger partial charge in [-0.15, -0.1) is 0 Å². The Labute approximate surface area is 152 Å². The Morgan fingerprint density at radius 2 is 1.75 bits per heavy atom. The molecule has 0 radical (unpaired) electrons. The smallest absolute Gasteiger partial charge is 0.226 e. The number of hydrogen-bond donors (Lipinski definition) is 0. The minimum atomic E-state index is -3.04. The second kappa shape index (κ2) is 9.24. The number of carbonyl (C=O) groups excluding carboxylic acids is 1. The number of para-hydroxylation sites is 1. The van der Waals surface area contributed by atoms with E-state index < -0.39 is 19.1 Å². The molecule has 2 aromatic carbocycles. The van der Waals surface area contributed by atoms with Crippen LogP contribution < -0.4 is 4.90 Å². The first-order chi connectivity index (χ1) is 13.5. The van der Waals surface area contributed by atoms with Crippen LogP contribution in [0, 0.1) is 0 Å². The van der Waals surface area contributed by atoms with Crippen LogP contribution in [0.1, 0.15) is 32.6 Å². The third-order valence-corrected chi connectivity index (χ3v) is 4.22. The number of anilines is 1. The monoisotopic (exact) mass is 329 g/mol. The molecular weight excluding hydrogens is 296 g/mol. The largest absolute Gasteiger partial charge is 0.311 e. The molecule has 24 heavy (non-hydrogen) atoms. The van der Waals surface area contributed by atoms with Crippen LogP contribution in [-0.2, 0) is 11.2 Å². The summed E-state index contributed by atoms with van der Waals surface area (Å²) in [5.41, 5.74) is 1.69. The zero-order valence-electron chi connectivity index (χ0n) is 19.3. The molecule has 1 unspecified atom stereocenters. The second-order valence-electron chi connectivity index (χ2n) is 5.94. The Morgan fingerprint density at radius 1 is 1.12 bits per heavy atom. The first-order valence-corrected chi connectivity index (χ1v) is 8.15. The van der Waals surface area contributed by atoms with Crippen LogP contribution in [0.2, 0.25) is 0 Å². The lowest BCUT2D eigenvalue weighted by atomic mass is 10.1. The van der Waals surface area contributed by atoms with Gasteiger partial charge in [0.25, 0.3) is 0 Å². The van der Waals surface area contributed by atoms with Crippen molar-refractivity contribution >= 4 is 11.6 Å². The van der Waals surface area contributed by atoms with Crippen LogP contribution >= 0.6 is 0 Å². The number of hydrogen-bond acceptors (Lipinski definition) is 2. The average molecular weight is 329 g/mol. The van der Waals surface area contributed by atoms with Gasteiger partial charge in [-0.05, 0) is 38.1 Å². The quantitative estimate of drug-likeness (QED) is 0.731. The van der Waals surface area contributed by atoms with E-state index >= 15 is 0 Å². The molecule has 0 aromatic heterocycles. The summed E-state index contributed by atoms with van der Waals surface area (Å²) in [5.74, 6) is -1.05. The van der Waals surface area contributed by atoms with Crippen LogP contribution in [0.5, 0.6) is 0 Å². The fourth-order valence-electron chi connectivity index (χ4n) is 2.56. The van der Waals surface area contributed by atoms with Crippen molar-refractivity contribution in [2.24, 2.45) is 0 Å². The second-order valence-corrected chi connectivity index (χ2v) is 5.94. The lowest BCUT2D eigenvalue weighted by molar-refractivity contribution is -0.118. The van der Waals surface area contributed by atoms with Crippen molar-refractivity contribution in [3.63, 3.8) is 0 Å². The summed E-state index contributed by atoms with van der Waals surface area (Å²) in [5, 5.41) is 0. The summed E-state index contributed by atoms with van der Waals surface area (Å²) in [7, 11) is 1.94. The Bertz CT molecular complexity index is 781. The fraction of sp³-hybridized carbons (Fsp3) is 0.381. The summed E-state index contributed by atoms with van der Waals surface area (Å²) >= 11 is 0. The van der Waals surface area contributed by atoms with Crippen molar-refractivity contribution in [1.82, 2.24) is 4.90 Å². The van der Waals surface area contributed by atoms with Gasteiger partial charge in [-0.1, -0.05) is 55.4 Å². The molecule has 2 rings (SSSR count). The Morgan fingerprint density at radius 3 is 2.38 bits per heavy atom. The van der Waals surface area contributed by atoms with Crippen molar-refractivity contribution in [2.45, 2.75) is 32.6 Å². The van der Waals surface area contributed by atoms with Crippen molar-refractivity contribution < 1.29 is 11.6 Å². The van der Waals surface area contributed by atoms with Gasteiger partial charge in [-0.25, -0.2) is 0 Å². The number of likely N-dealkylation sites (N-methyl/N-ethyl adjacent to an activating group) is 1. The van der Waals surface area contributed by atoms with E-state index in [1.54, 1.807) is 30.3 Å². The van der Waals surface area contributed by atoms with Crippen LogP contribution in [0.3, 0.4) is 0 Å². The van der Waals surface area contributed by atoms with Crippen LogP contribution in [0.25, 0.3) is 0 Å². The predicted molar refractivity (Wildman–Crippen MR) is 101 cm³/mol. The maximum atomic E-state index is 12.9. The Hall–Kier alpha value is -2.13. The van der Waals surface area contributed by atoms with Crippen molar-refractivity contribution in [3.8, 4) is 0 Å². The molecule has 0 saturated heterocycles. The summed E-state index contributed by atoms with van der Waals surface area (Å²) in [6, 6.07) is 18.6. The highest BCUT2D eigenvalue weighted by molar-refractivity contribution is 5.93. The third kappa shape index (κ3) is 5.20. The van der Waals surface area contributed by atoms with Gasteiger partial charge in [0.2, 0.25) is 5.91 Å². The fourth-order valence-corrected chi connectivity index (χ4v) is 2.56. The minimum absolute atomic E-state index is 0.102. The zero-order valence-corrected chi connectivity index (χ0v) is 14.3. The van der Waals surface area contributed by atoms with Crippen molar-refractivity contribution in [2.75, 3.05) is 25.0 Å². The highest BCUT2D eigenvalue weighted by Crippen LogP contribution is 2.16. The maximum Gasteiger partial charge on any atom is 0.226 e. The van der Waals surface area contributed by atoms with E-state index in [0.29, 0.717) is 5.69 Å². The van der Waals surface area contributed by atoms with E-state index in [1.807, 2.05) is 32.2 Å². The predicted octanol–water partition coefficient (Wildman–Crippen LogP) is 3.99. The highest BCUT2D eigenvalue weighted by Gasteiger charge is 2.19. The maximum absolute atomic E-state index is 12.9. The molecule has 0 aliphatic carbocycles. The van der Waals surface area contributed by atoms with E-state index in [1.165, 1.54) is 10.5 Å². The molecule has 0 fully saturated rings. The Kier molecular flexibility index (Phi) is 4.72. The minimum Gasteiger partial charge on any atom is -0.311 e. The molecule has 3 nitrogen and oxygen atoms in total. The molecule has 1 atom stereocenters. The molecule has 0 aliphatic heterocycles. The lowest BCUT2D eigenvalue weighted by Crippen LogP contribution is -2.43. The lowest BCUT2D eigenvalue weighted by Gasteiger charge is -2.31. The standard InChI is InChI=1S/C21H28N2O/c1-4-21(24)23(20-13-9-6-10-14-20)17-18(2)22(3)16-15-19-11-7-5-8-12-19/h5-14,18H,4,15-17H2,1-3H3/i1D3,4D2. The third-order valence-electron chi connectivity index (χ3n) is 4.22. The average Bonchev–Trinajstić information content (AvgIpc) is 2.70. The van der Waals surface area contributed by atoms with Gasteiger partial charge < -0.3 is 9.80 Å². The highest BCUT2D eigenvalue weighted by atomic mass is 16.2. The summed E-state index contributed by atoms with van der Waals surface area (Å²) in [6.45, 7) is -0.156. The first kappa shape index (κ1) is 12.3. The Balaban J connectivity index is 2.16. The zero-order chi connectivity index (χ0) is 21.7. The van der Waals surface area contributed by atoms with Gasteiger partial charge in [-0.2, -0.15) is 0 Å². The van der Waals surface area contributed by atoms with E-state index in [9.17, 15) is 4.79 Å². The molecule has 0 heterocycles. The molecule has 2 aromatic rings. The van der Waals surface area contributed by atoms with Gasteiger partial charge in [0.1, 0.15) is 0 Å². The number of rotatable bonds is 8. The van der Waals surface area contributed by atoms with Gasteiger partial charge in [0.05, 0.1) is 0 Å². The first-order valence-electron chi connectivity index (χ1n) is 10.6. The van der Waals surface area contributed by atoms with E-state index in [4.69, 9.17) is 6.85 Å². The van der Waals surface area contributed by atoms with Crippen LogP contribution in [0.4, 0.5) is 5.69 Å². The summed E-state index contributed by atoms with van der Waals surface area (Å²) < 4.78 is 38.2. The van der Waals surface area contributed by atoms with Crippen LogP contribution in [-0.4, -0.2) is 37.0 Å². The molecule has 0 spiro atoms. The van der Waals surface area contributed by atoms with Gasteiger partial charge >= 0.3 is 0 Å². The van der Waals surface area contributed by atoms with E-state index in [0.717, 1.165) is 13.0 Å². The summed E-state index contributed by atoms with van der Waals surface area (Å²) in [4.78, 5) is 16.3. The van der Waals surface area contributed by atoms with Gasteiger partial charge in [0.15, 0.2) is 0 Å². The van der Waals surface area contributed by atoms with Crippen LogP contribution in [0.15, 0.2) is 60.7 Å². The number of benzene rings is 2. The topological polar surface area (TPSA) is 23.6 Å². The molecule has 0 aliphatic rings. The van der Waals surface area contributed by atoms with Gasteiger partial charge in [-0.3, -0.25) is 4.79 Å². The normalized spacial score (nSPS) is 16.4. The van der Waals surface area contributed by atoms with E-state index in [2.05, 4.69) is 17.0 Å². The molecule has 1 amide bonds. The van der Waals surface area contributed by atoms with Gasteiger partial charge in [0, 0.05) is 38.0 Å². The number of nitrogens with zero attached hydrogens (tertiary/aromatic N) is 2. The molecular formula is C21H28N2O. The molecule has 3 heteroatoms. The number of carbonyl (C=O) groups is 1. The van der Waals surface area contributed by atoms with Crippen molar-refractivity contribution in [3.05, 3.63) is 66.2 Å². The molecule has 0 bridgehead atoms. The molecule has 0 N–H and O–H groups in total. The number of amides is 1. The molecule has 128 valence electrons.